The first-order chi connectivity index (χ1) is 9.65. The van der Waals surface area contributed by atoms with Crippen LogP contribution in [0.3, 0.4) is 0 Å². The van der Waals surface area contributed by atoms with Crippen molar-refractivity contribution in [2.45, 2.75) is 13.3 Å². The van der Waals surface area contributed by atoms with E-state index in [0.717, 1.165) is 11.5 Å². The van der Waals surface area contributed by atoms with Gasteiger partial charge in [-0.25, -0.2) is 4.79 Å². The molecule has 1 aromatic carbocycles. The lowest BCUT2D eigenvalue weighted by Gasteiger charge is -2.05. The average Bonchev–Trinajstić information content (AvgIpc) is 2.95. The van der Waals surface area contributed by atoms with Crippen LogP contribution in [0.4, 0.5) is 5.69 Å². The third-order valence-electron chi connectivity index (χ3n) is 2.66. The predicted octanol–water partition coefficient (Wildman–Crippen LogP) is 2.14. The van der Waals surface area contributed by atoms with Crippen LogP contribution in [0.1, 0.15) is 32.6 Å². The number of benzene rings is 1. The fourth-order valence-electron chi connectivity index (χ4n) is 1.61. The van der Waals surface area contributed by atoms with Gasteiger partial charge >= 0.3 is 5.97 Å². The van der Waals surface area contributed by atoms with Crippen LogP contribution < -0.4 is 5.32 Å². The summed E-state index contributed by atoms with van der Waals surface area (Å²) in [6.07, 6.45) is 0.653. The van der Waals surface area contributed by atoms with Crippen molar-refractivity contribution < 1.29 is 14.3 Å². The summed E-state index contributed by atoms with van der Waals surface area (Å²) >= 11 is 1.07. The van der Waals surface area contributed by atoms with E-state index in [4.69, 9.17) is 0 Å². The van der Waals surface area contributed by atoms with Gasteiger partial charge < -0.3 is 10.1 Å². The number of amides is 1. The fraction of sp³-hybridized carbons (Fsp3) is 0.231. The maximum atomic E-state index is 12.1. The number of carbonyl (C=O) groups excluding carboxylic acids is 2. The molecule has 0 aliphatic rings. The Kier molecular flexibility index (Phi) is 4.41. The number of hydrogen-bond donors (Lipinski definition) is 1. The second kappa shape index (κ2) is 6.25. The normalized spacial score (nSPS) is 10.1. The monoisotopic (exact) mass is 291 g/mol. The fourth-order valence-corrected chi connectivity index (χ4v) is 2.25. The third kappa shape index (κ3) is 3.00. The highest BCUT2D eigenvalue weighted by molar-refractivity contribution is 7.08. The van der Waals surface area contributed by atoms with Crippen LogP contribution in [0.2, 0.25) is 0 Å². The molecule has 1 heterocycles. The number of aromatic nitrogens is 2. The Morgan fingerprint density at radius 2 is 2.00 bits per heavy atom. The molecule has 104 valence electrons. The number of hydrogen-bond acceptors (Lipinski definition) is 6. The summed E-state index contributed by atoms with van der Waals surface area (Å²) in [5.41, 5.74) is 1.70. The van der Waals surface area contributed by atoms with E-state index in [2.05, 4.69) is 19.6 Å². The minimum Gasteiger partial charge on any atom is -0.465 e. The molecule has 1 amide bonds. The summed E-state index contributed by atoms with van der Waals surface area (Å²) in [4.78, 5) is 23.9. The smallest absolute Gasteiger partial charge is 0.337 e. The van der Waals surface area contributed by atoms with E-state index < -0.39 is 5.97 Å². The van der Waals surface area contributed by atoms with Gasteiger partial charge in [0.25, 0.3) is 5.91 Å². The zero-order valence-electron chi connectivity index (χ0n) is 11.0. The summed E-state index contributed by atoms with van der Waals surface area (Å²) in [7, 11) is 1.32. The van der Waals surface area contributed by atoms with Crippen LogP contribution >= 0.6 is 11.5 Å². The molecule has 1 N–H and O–H groups in total. The number of anilines is 1. The standard InChI is InChI=1S/C13H13N3O3S/c1-3-10-11(20-16-15-10)12(17)14-9-6-4-8(5-7-9)13(18)19-2/h4-7H,3H2,1-2H3,(H,14,17). The molecule has 0 unspecified atom stereocenters. The van der Waals surface area contributed by atoms with Gasteiger partial charge in [-0.3, -0.25) is 4.79 Å². The number of nitrogens with one attached hydrogen (secondary N) is 1. The molecule has 0 bridgehead atoms. The molecule has 20 heavy (non-hydrogen) atoms. The summed E-state index contributed by atoms with van der Waals surface area (Å²) in [6, 6.07) is 6.47. The van der Waals surface area contributed by atoms with E-state index in [9.17, 15) is 9.59 Å². The Hall–Kier alpha value is -2.28. The zero-order valence-corrected chi connectivity index (χ0v) is 11.9. The molecule has 0 atom stereocenters. The molecule has 0 fully saturated rings. The highest BCUT2D eigenvalue weighted by Gasteiger charge is 2.15. The van der Waals surface area contributed by atoms with E-state index in [1.807, 2.05) is 6.92 Å². The molecular weight excluding hydrogens is 278 g/mol. The van der Waals surface area contributed by atoms with Gasteiger partial charge in [0.05, 0.1) is 18.4 Å². The Balaban J connectivity index is 2.10. The molecule has 2 aromatic rings. The largest absolute Gasteiger partial charge is 0.465 e. The number of methoxy groups -OCH3 is 1. The van der Waals surface area contributed by atoms with Crippen molar-refractivity contribution in [1.82, 2.24) is 9.59 Å². The Morgan fingerprint density at radius 3 is 2.60 bits per heavy atom. The summed E-state index contributed by atoms with van der Waals surface area (Å²) < 4.78 is 8.38. The van der Waals surface area contributed by atoms with Crippen LogP contribution in [0.5, 0.6) is 0 Å². The second-order valence-corrected chi connectivity index (χ2v) is 4.68. The van der Waals surface area contributed by atoms with Crippen molar-refractivity contribution in [3.05, 3.63) is 40.4 Å². The van der Waals surface area contributed by atoms with Crippen molar-refractivity contribution in [2.75, 3.05) is 12.4 Å². The molecule has 0 aliphatic carbocycles. The predicted molar refractivity (Wildman–Crippen MR) is 75.0 cm³/mol. The molecule has 1 aromatic heterocycles. The first-order valence-electron chi connectivity index (χ1n) is 5.96. The summed E-state index contributed by atoms with van der Waals surface area (Å²) in [5, 5.41) is 6.63. The van der Waals surface area contributed by atoms with Gasteiger partial charge in [0, 0.05) is 5.69 Å². The van der Waals surface area contributed by atoms with E-state index in [0.29, 0.717) is 28.2 Å². The van der Waals surface area contributed by atoms with Crippen LogP contribution in [-0.4, -0.2) is 28.6 Å². The maximum absolute atomic E-state index is 12.1. The summed E-state index contributed by atoms with van der Waals surface area (Å²) in [5.74, 6) is -0.662. The lowest BCUT2D eigenvalue weighted by atomic mass is 10.2. The van der Waals surface area contributed by atoms with Crippen molar-refractivity contribution in [1.29, 1.82) is 0 Å². The van der Waals surface area contributed by atoms with Gasteiger partial charge in [0.15, 0.2) is 0 Å². The number of ether oxygens (including phenoxy) is 1. The number of rotatable bonds is 4. The van der Waals surface area contributed by atoms with Gasteiger partial charge in [-0.15, -0.1) is 5.10 Å². The van der Waals surface area contributed by atoms with Gasteiger partial charge in [-0.1, -0.05) is 11.4 Å². The van der Waals surface area contributed by atoms with Gasteiger partial charge in [0.1, 0.15) is 4.88 Å². The Morgan fingerprint density at radius 1 is 1.30 bits per heavy atom. The molecule has 0 saturated heterocycles. The second-order valence-electron chi connectivity index (χ2n) is 3.93. The van der Waals surface area contributed by atoms with E-state index >= 15 is 0 Å². The van der Waals surface area contributed by atoms with Gasteiger partial charge in [-0.2, -0.15) is 0 Å². The molecule has 0 spiro atoms. The van der Waals surface area contributed by atoms with Gasteiger partial charge in [-0.05, 0) is 42.2 Å². The van der Waals surface area contributed by atoms with Crippen molar-refractivity contribution >= 4 is 29.1 Å². The van der Waals surface area contributed by atoms with E-state index in [1.54, 1.807) is 24.3 Å². The Labute approximate surface area is 119 Å². The first kappa shape index (κ1) is 14.1. The van der Waals surface area contributed by atoms with Crippen LogP contribution in [-0.2, 0) is 11.2 Å². The molecule has 0 saturated carbocycles. The maximum Gasteiger partial charge on any atom is 0.337 e. The van der Waals surface area contributed by atoms with E-state index in [-0.39, 0.29) is 5.91 Å². The third-order valence-corrected chi connectivity index (χ3v) is 3.43. The van der Waals surface area contributed by atoms with Crippen molar-refractivity contribution in [2.24, 2.45) is 0 Å². The quantitative estimate of drug-likeness (QED) is 0.873. The molecular formula is C13H13N3O3S. The van der Waals surface area contributed by atoms with Crippen LogP contribution in [0.25, 0.3) is 0 Å². The minimum atomic E-state index is -0.414. The minimum absolute atomic E-state index is 0.248. The number of nitrogens with zero attached hydrogens (tertiary/aromatic N) is 2. The highest BCUT2D eigenvalue weighted by Crippen LogP contribution is 2.15. The van der Waals surface area contributed by atoms with Crippen molar-refractivity contribution in [3.8, 4) is 0 Å². The first-order valence-corrected chi connectivity index (χ1v) is 6.74. The molecule has 0 aliphatic heterocycles. The zero-order chi connectivity index (χ0) is 14.5. The topological polar surface area (TPSA) is 81.2 Å². The van der Waals surface area contributed by atoms with E-state index in [1.165, 1.54) is 7.11 Å². The Bertz CT molecular complexity index is 622. The molecule has 2 rings (SSSR count). The highest BCUT2D eigenvalue weighted by atomic mass is 32.1. The SMILES string of the molecule is CCc1nnsc1C(=O)Nc1ccc(C(=O)OC)cc1. The van der Waals surface area contributed by atoms with Crippen LogP contribution in [0, 0.1) is 0 Å². The van der Waals surface area contributed by atoms with Crippen molar-refractivity contribution in [3.63, 3.8) is 0 Å². The number of carbonyl (C=O) groups is 2. The number of aryl methyl sites for hydroxylation is 1. The molecule has 6 nitrogen and oxygen atoms in total. The number of esters is 1. The molecule has 0 radical (unpaired) electrons. The molecule has 7 heteroatoms. The lowest BCUT2D eigenvalue weighted by molar-refractivity contribution is 0.0600. The summed E-state index contributed by atoms with van der Waals surface area (Å²) in [6.45, 7) is 1.92. The van der Waals surface area contributed by atoms with Crippen LogP contribution in [0.15, 0.2) is 24.3 Å². The van der Waals surface area contributed by atoms with Gasteiger partial charge in [0.2, 0.25) is 0 Å². The lowest BCUT2D eigenvalue weighted by Crippen LogP contribution is -2.12. The average molecular weight is 291 g/mol.